The standard InChI is InChI=1S/C11H9F3N2O/c12-11(13,14)10(17)8-6-15-16-9(8)7-4-2-1-3-5-7/h1-6,10,17H,(H,15,16)/t10-/m0/s1. The van der Waals surface area contributed by atoms with Crippen LogP contribution in [0.4, 0.5) is 13.2 Å². The third-order valence-electron chi connectivity index (χ3n) is 2.34. The zero-order valence-corrected chi connectivity index (χ0v) is 8.57. The zero-order valence-electron chi connectivity index (χ0n) is 8.57. The van der Waals surface area contributed by atoms with Crippen LogP contribution in [0.25, 0.3) is 11.3 Å². The summed E-state index contributed by atoms with van der Waals surface area (Å²) >= 11 is 0. The van der Waals surface area contributed by atoms with Gasteiger partial charge in [0.2, 0.25) is 0 Å². The second-order valence-corrected chi connectivity index (χ2v) is 3.51. The minimum Gasteiger partial charge on any atom is -0.379 e. The molecule has 0 bridgehead atoms. The molecule has 0 unspecified atom stereocenters. The summed E-state index contributed by atoms with van der Waals surface area (Å²) in [5, 5.41) is 15.2. The van der Waals surface area contributed by atoms with Crippen LogP contribution in [0.5, 0.6) is 0 Å². The van der Waals surface area contributed by atoms with Crippen molar-refractivity contribution in [1.82, 2.24) is 10.2 Å². The predicted molar refractivity (Wildman–Crippen MR) is 55.0 cm³/mol. The van der Waals surface area contributed by atoms with Crippen LogP contribution in [0.3, 0.4) is 0 Å². The fourth-order valence-corrected chi connectivity index (χ4v) is 1.52. The number of hydrogen-bond acceptors (Lipinski definition) is 2. The normalized spacial score (nSPS) is 13.6. The maximum atomic E-state index is 12.4. The highest BCUT2D eigenvalue weighted by molar-refractivity contribution is 5.63. The maximum Gasteiger partial charge on any atom is 0.418 e. The Bertz CT molecular complexity index is 493. The lowest BCUT2D eigenvalue weighted by atomic mass is 10.0. The van der Waals surface area contributed by atoms with Gasteiger partial charge in [0.05, 0.1) is 11.9 Å². The van der Waals surface area contributed by atoms with Gasteiger partial charge in [-0.05, 0) is 5.56 Å². The quantitative estimate of drug-likeness (QED) is 0.850. The van der Waals surface area contributed by atoms with Crippen molar-refractivity contribution in [3.8, 4) is 11.3 Å². The molecule has 1 atom stereocenters. The molecule has 0 radical (unpaired) electrons. The molecule has 0 fully saturated rings. The van der Waals surface area contributed by atoms with Gasteiger partial charge in [-0.25, -0.2) is 0 Å². The molecule has 0 saturated carbocycles. The van der Waals surface area contributed by atoms with Gasteiger partial charge in [0, 0.05) is 5.56 Å². The number of aromatic amines is 1. The van der Waals surface area contributed by atoms with Crippen LogP contribution < -0.4 is 0 Å². The van der Waals surface area contributed by atoms with E-state index < -0.39 is 12.3 Å². The number of aliphatic hydroxyl groups excluding tert-OH is 1. The molecule has 1 aromatic carbocycles. The fourth-order valence-electron chi connectivity index (χ4n) is 1.52. The van der Waals surface area contributed by atoms with Crippen molar-refractivity contribution in [2.75, 3.05) is 0 Å². The monoisotopic (exact) mass is 242 g/mol. The van der Waals surface area contributed by atoms with E-state index in [1.54, 1.807) is 30.3 Å². The number of nitrogens with one attached hydrogen (secondary N) is 1. The Balaban J connectivity index is 2.43. The number of rotatable bonds is 2. The van der Waals surface area contributed by atoms with Crippen molar-refractivity contribution >= 4 is 0 Å². The molecule has 90 valence electrons. The molecule has 1 heterocycles. The second kappa shape index (κ2) is 4.21. The molecule has 0 aliphatic heterocycles. The number of hydrogen-bond donors (Lipinski definition) is 2. The molecule has 3 nitrogen and oxygen atoms in total. The molecular formula is C11H9F3N2O. The van der Waals surface area contributed by atoms with Crippen molar-refractivity contribution < 1.29 is 18.3 Å². The first kappa shape index (κ1) is 11.7. The van der Waals surface area contributed by atoms with Gasteiger partial charge in [0.25, 0.3) is 0 Å². The van der Waals surface area contributed by atoms with E-state index in [2.05, 4.69) is 10.2 Å². The van der Waals surface area contributed by atoms with Gasteiger partial charge in [-0.2, -0.15) is 18.3 Å². The smallest absolute Gasteiger partial charge is 0.379 e. The van der Waals surface area contributed by atoms with Gasteiger partial charge in [-0.3, -0.25) is 5.10 Å². The van der Waals surface area contributed by atoms with E-state index in [0.29, 0.717) is 5.56 Å². The van der Waals surface area contributed by atoms with Crippen molar-refractivity contribution in [2.24, 2.45) is 0 Å². The first-order valence-electron chi connectivity index (χ1n) is 4.83. The third-order valence-corrected chi connectivity index (χ3v) is 2.34. The zero-order chi connectivity index (χ0) is 12.5. The molecule has 0 spiro atoms. The molecule has 0 saturated heterocycles. The van der Waals surface area contributed by atoms with Crippen LogP contribution in [0.15, 0.2) is 36.5 Å². The molecule has 0 aliphatic carbocycles. The highest BCUT2D eigenvalue weighted by Crippen LogP contribution is 2.36. The Hall–Kier alpha value is -1.82. The lowest BCUT2D eigenvalue weighted by molar-refractivity contribution is -0.206. The first-order chi connectivity index (χ1) is 8.00. The fraction of sp³-hybridized carbons (Fsp3) is 0.182. The second-order valence-electron chi connectivity index (χ2n) is 3.51. The Morgan fingerprint density at radius 2 is 1.82 bits per heavy atom. The lowest BCUT2D eigenvalue weighted by Gasteiger charge is -2.14. The van der Waals surface area contributed by atoms with Crippen LogP contribution in [0.1, 0.15) is 11.7 Å². The SMILES string of the molecule is O[C@@H](c1cn[nH]c1-c1ccccc1)C(F)(F)F. The van der Waals surface area contributed by atoms with Gasteiger partial charge in [-0.1, -0.05) is 30.3 Å². The Kier molecular flexibility index (Phi) is 2.89. The van der Waals surface area contributed by atoms with E-state index in [4.69, 9.17) is 0 Å². The van der Waals surface area contributed by atoms with Crippen molar-refractivity contribution in [3.05, 3.63) is 42.1 Å². The number of H-pyrrole nitrogens is 1. The van der Waals surface area contributed by atoms with E-state index in [1.807, 2.05) is 0 Å². The van der Waals surface area contributed by atoms with Crippen LogP contribution in [-0.2, 0) is 0 Å². The molecule has 0 aliphatic rings. The van der Waals surface area contributed by atoms with E-state index in [-0.39, 0.29) is 11.3 Å². The van der Waals surface area contributed by atoms with E-state index >= 15 is 0 Å². The first-order valence-corrected chi connectivity index (χ1v) is 4.83. The highest BCUT2D eigenvalue weighted by atomic mass is 19.4. The molecule has 6 heteroatoms. The Labute approximate surface area is 94.9 Å². The summed E-state index contributed by atoms with van der Waals surface area (Å²) in [7, 11) is 0. The summed E-state index contributed by atoms with van der Waals surface area (Å²) in [5.41, 5.74) is 0.447. The Morgan fingerprint density at radius 3 is 2.41 bits per heavy atom. The number of aromatic nitrogens is 2. The van der Waals surface area contributed by atoms with Crippen LogP contribution >= 0.6 is 0 Å². The maximum absolute atomic E-state index is 12.4. The van der Waals surface area contributed by atoms with Crippen LogP contribution in [0.2, 0.25) is 0 Å². The molecule has 17 heavy (non-hydrogen) atoms. The Morgan fingerprint density at radius 1 is 1.18 bits per heavy atom. The minimum absolute atomic E-state index is 0.176. The average molecular weight is 242 g/mol. The average Bonchev–Trinajstić information content (AvgIpc) is 2.76. The van der Waals surface area contributed by atoms with E-state index in [0.717, 1.165) is 6.20 Å². The molecule has 1 aromatic heterocycles. The molecule has 0 amide bonds. The number of aliphatic hydroxyl groups is 1. The highest BCUT2D eigenvalue weighted by Gasteiger charge is 2.41. The molecular weight excluding hydrogens is 233 g/mol. The van der Waals surface area contributed by atoms with Crippen molar-refractivity contribution in [2.45, 2.75) is 12.3 Å². The summed E-state index contributed by atoms with van der Waals surface area (Å²) in [4.78, 5) is 0. The van der Waals surface area contributed by atoms with Gasteiger partial charge < -0.3 is 5.11 Å². The third kappa shape index (κ3) is 2.31. The molecule has 2 rings (SSSR count). The van der Waals surface area contributed by atoms with Crippen LogP contribution in [-0.4, -0.2) is 21.5 Å². The van der Waals surface area contributed by atoms with Crippen molar-refractivity contribution in [1.29, 1.82) is 0 Å². The number of nitrogens with zero attached hydrogens (tertiary/aromatic N) is 1. The predicted octanol–water partition coefficient (Wildman–Crippen LogP) is 2.67. The van der Waals surface area contributed by atoms with Gasteiger partial charge in [-0.15, -0.1) is 0 Å². The number of alkyl halides is 3. The van der Waals surface area contributed by atoms with E-state index in [9.17, 15) is 18.3 Å². The summed E-state index contributed by atoms with van der Waals surface area (Å²) in [6.45, 7) is 0. The van der Waals surface area contributed by atoms with Gasteiger partial charge in [0.1, 0.15) is 0 Å². The minimum atomic E-state index is -4.70. The van der Waals surface area contributed by atoms with E-state index in [1.165, 1.54) is 0 Å². The van der Waals surface area contributed by atoms with Crippen molar-refractivity contribution in [3.63, 3.8) is 0 Å². The van der Waals surface area contributed by atoms with Gasteiger partial charge >= 0.3 is 6.18 Å². The van der Waals surface area contributed by atoms with Crippen LogP contribution in [0, 0.1) is 0 Å². The summed E-state index contributed by atoms with van der Waals surface area (Å²) in [5.74, 6) is 0. The summed E-state index contributed by atoms with van der Waals surface area (Å²) in [6.07, 6.45) is -6.25. The molecule has 2 N–H and O–H groups in total. The topological polar surface area (TPSA) is 48.9 Å². The number of benzene rings is 1. The largest absolute Gasteiger partial charge is 0.418 e. The summed E-state index contributed by atoms with van der Waals surface area (Å²) in [6, 6.07) is 8.42. The van der Waals surface area contributed by atoms with Gasteiger partial charge in [0.15, 0.2) is 6.10 Å². The number of halogens is 3. The molecule has 2 aromatic rings. The summed E-state index contributed by atoms with van der Waals surface area (Å²) < 4.78 is 37.2. The lowest BCUT2D eigenvalue weighted by Crippen LogP contribution is -2.20.